The van der Waals surface area contributed by atoms with E-state index in [0.29, 0.717) is 0 Å². The molecule has 200 valence electrons. The fourth-order valence-electron chi connectivity index (χ4n) is 3.71. The first kappa shape index (κ1) is 28.3. The number of aromatic amines is 1. The van der Waals surface area contributed by atoms with Crippen LogP contribution in [0.4, 0.5) is 0 Å². The molecular weight excluding hydrogens is 522 g/mol. The van der Waals surface area contributed by atoms with Crippen molar-refractivity contribution >= 4 is 15.0 Å². The zero-order valence-electron chi connectivity index (χ0n) is 17.7. The van der Waals surface area contributed by atoms with Crippen molar-refractivity contribution in [1.29, 1.82) is 0 Å². The van der Waals surface area contributed by atoms with Crippen molar-refractivity contribution in [2.75, 3.05) is 19.1 Å². The van der Waals surface area contributed by atoms with Gasteiger partial charge in [-0.15, -0.1) is 0 Å². The van der Waals surface area contributed by atoms with Crippen LogP contribution < -0.4 is 11.2 Å². The van der Waals surface area contributed by atoms with Crippen molar-refractivity contribution in [2.45, 2.75) is 54.8 Å². The molecule has 1 aromatic rings. The van der Waals surface area contributed by atoms with Crippen molar-refractivity contribution in [3.8, 4) is 0 Å². The third-order valence-electron chi connectivity index (χ3n) is 5.55. The van der Waals surface area contributed by atoms with Gasteiger partial charge in [0.2, 0.25) is 7.37 Å². The standard InChI is InChI=1S/C16H26N2O15P2/c19-3-6-9(21)11(23)13(25)15(33-6)34(27,28)5-35(29,30)31-4-7-10(22)12(24)14(32-7)18-2-1-8(20)17-16(18)26/h1-2,6-7,9-15,19,21-25H,3-5H2,(H,27,28)(H,29,30)(H,17,20,26)/t6?,7-,9+,10?,11?,12?,13?,14-,15-/m1/s1. The molecule has 0 aliphatic carbocycles. The van der Waals surface area contributed by atoms with Gasteiger partial charge in [-0.25, -0.2) is 4.79 Å². The van der Waals surface area contributed by atoms with E-state index in [1.54, 1.807) is 0 Å². The highest BCUT2D eigenvalue weighted by molar-refractivity contribution is 7.73. The summed E-state index contributed by atoms with van der Waals surface area (Å²) in [6.07, 6.45) is -12.9. The Hall–Kier alpha value is -1.30. The Morgan fingerprint density at radius 3 is 2.17 bits per heavy atom. The highest BCUT2D eigenvalue weighted by atomic mass is 31.2. The Morgan fingerprint density at radius 1 is 0.943 bits per heavy atom. The van der Waals surface area contributed by atoms with E-state index < -0.39 is 100 Å². The summed E-state index contributed by atoms with van der Waals surface area (Å²) in [7, 11) is -9.92. The van der Waals surface area contributed by atoms with Gasteiger partial charge in [0.25, 0.3) is 5.56 Å². The van der Waals surface area contributed by atoms with Crippen molar-refractivity contribution in [3.05, 3.63) is 33.1 Å². The summed E-state index contributed by atoms with van der Waals surface area (Å²) in [5.41, 5.74) is -1.70. The molecule has 11 atom stereocenters. The fraction of sp³-hybridized carbons (Fsp3) is 0.750. The molecule has 3 rings (SSSR count). The molecule has 0 saturated carbocycles. The Morgan fingerprint density at radius 2 is 1.57 bits per heavy atom. The number of hydrogen-bond donors (Lipinski definition) is 9. The summed E-state index contributed by atoms with van der Waals surface area (Å²) < 4.78 is 41.0. The third kappa shape index (κ3) is 5.99. The van der Waals surface area contributed by atoms with E-state index in [-0.39, 0.29) is 0 Å². The minimum absolute atomic E-state index is 0.728. The quantitative estimate of drug-likeness (QED) is 0.138. The van der Waals surface area contributed by atoms with Gasteiger partial charge in [-0.3, -0.25) is 23.5 Å². The van der Waals surface area contributed by atoms with Crippen LogP contribution in [0.2, 0.25) is 0 Å². The summed E-state index contributed by atoms with van der Waals surface area (Å²) in [5, 5.41) is 59.1. The van der Waals surface area contributed by atoms with Crippen molar-refractivity contribution in [3.63, 3.8) is 0 Å². The molecule has 19 heteroatoms. The lowest BCUT2D eigenvalue weighted by Crippen LogP contribution is -2.58. The molecule has 35 heavy (non-hydrogen) atoms. The Labute approximate surface area is 195 Å². The topological polar surface area (TPSA) is 279 Å². The Balaban J connectivity index is 1.67. The average Bonchev–Trinajstić information content (AvgIpc) is 3.04. The first-order valence-corrected chi connectivity index (χ1v) is 13.8. The maximum Gasteiger partial charge on any atom is 0.337 e. The van der Waals surface area contributed by atoms with E-state index >= 15 is 0 Å². The molecule has 9 N–H and O–H groups in total. The van der Waals surface area contributed by atoms with Gasteiger partial charge in [0.05, 0.1) is 13.2 Å². The zero-order valence-corrected chi connectivity index (χ0v) is 19.5. The van der Waals surface area contributed by atoms with Crippen LogP contribution in [-0.4, -0.2) is 118 Å². The number of H-pyrrole nitrogens is 1. The second kappa shape index (κ2) is 10.6. The predicted octanol–water partition coefficient (Wildman–Crippen LogP) is -4.61. The Kier molecular flexibility index (Phi) is 8.56. The van der Waals surface area contributed by atoms with Crippen LogP contribution in [0.3, 0.4) is 0 Å². The van der Waals surface area contributed by atoms with Crippen molar-refractivity contribution < 1.29 is 63.6 Å². The van der Waals surface area contributed by atoms with Gasteiger partial charge in [0.15, 0.2) is 12.1 Å². The summed E-state index contributed by atoms with van der Waals surface area (Å²) in [6, 6.07) is 0.952. The molecule has 2 aliphatic rings. The first-order chi connectivity index (χ1) is 16.2. The number of nitrogens with zero attached hydrogens (tertiary/aromatic N) is 1. The van der Waals surface area contributed by atoms with Crippen LogP contribution >= 0.6 is 15.0 Å². The first-order valence-electron chi connectivity index (χ1n) is 10.1. The lowest BCUT2D eigenvalue weighted by atomic mass is 10.0. The van der Waals surface area contributed by atoms with Gasteiger partial charge in [0.1, 0.15) is 48.6 Å². The molecule has 7 unspecified atom stereocenters. The third-order valence-corrected chi connectivity index (χ3v) is 10.4. The number of rotatable bonds is 8. The van der Waals surface area contributed by atoms with Crippen LogP contribution in [0.25, 0.3) is 0 Å². The Bertz CT molecular complexity index is 1110. The van der Waals surface area contributed by atoms with Gasteiger partial charge in [-0.2, -0.15) is 0 Å². The average molecular weight is 548 g/mol. The van der Waals surface area contributed by atoms with Crippen molar-refractivity contribution in [2.24, 2.45) is 0 Å². The highest BCUT2D eigenvalue weighted by Crippen LogP contribution is 2.62. The molecule has 0 bridgehead atoms. The van der Waals surface area contributed by atoms with Gasteiger partial charge in [-0.05, 0) is 0 Å². The summed E-state index contributed by atoms with van der Waals surface area (Å²) >= 11 is 0. The number of hydrogen-bond acceptors (Lipinski definition) is 13. The number of aliphatic hydroxyl groups is 6. The van der Waals surface area contributed by atoms with Gasteiger partial charge >= 0.3 is 13.3 Å². The molecule has 2 fully saturated rings. The molecule has 2 saturated heterocycles. The largest absolute Gasteiger partial charge is 0.394 e. The lowest BCUT2D eigenvalue weighted by molar-refractivity contribution is -0.209. The van der Waals surface area contributed by atoms with Gasteiger partial charge in [0, 0.05) is 12.3 Å². The second-order valence-corrected chi connectivity index (χ2v) is 12.8. The van der Waals surface area contributed by atoms with Crippen LogP contribution in [0.15, 0.2) is 21.9 Å². The SMILES string of the molecule is O=c1ccn([C@@H]2O[C@H](COP(=O)(O)CP(=O)(O)[C@H]3OC(CO)[C@H](O)C(O)C3O)C(O)C2O)c(=O)[nH]1. The molecule has 3 heterocycles. The minimum Gasteiger partial charge on any atom is -0.394 e. The molecule has 0 spiro atoms. The summed E-state index contributed by atoms with van der Waals surface area (Å²) in [6.45, 7) is -1.79. The molecule has 2 aliphatic heterocycles. The zero-order chi connectivity index (χ0) is 26.3. The molecule has 0 radical (unpaired) electrons. The second-order valence-electron chi connectivity index (χ2n) is 8.11. The lowest BCUT2D eigenvalue weighted by Gasteiger charge is -2.41. The van der Waals surface area contributed by atoms with Crippen LogP contribution in [0, 0.1) is 0 Å². The molecule has 1 aromatic heterocycles. The number of aliphatic hydroxyl groups excluding tert-OH is 6. The molecule has 0 amide bonds. The van der Waals surface area contributed by atoms with Crippen LogP contribution in [0.5, 0.6) is 0 Å². The van der Waals surface area contributed by atoms with Crippen LogP contribution in [0.1, 0.15) is 6.23 Å². The number of aromatic nitrogens is 2. The van der Waals surface area contributed by atoms with E-state index in [0.717, 1.165) is 16.8 Å². The molecule has 0 aromatic carbocycles. The smallest absolute Gasteiger partial charge is 0.337 e. The van der Waals surface area contributed by atoms with E-state index in [9.17, 15) is 59.1 Å². The normalized spacial score (nSPS) is 39.1. The van der Waals surface area contributed by atoms with E-state index in [1.165, 1.54) is 0 Å². The molecule has 17 nitrogen and oxygen atoms in total. The summed E-state index contributed by atoms with van der Waals surface area (Å²) in [5.74, 6) is -3.63. The van der Waals surface area contributed by atoms with E-state index in [1.807, 2.05) is 4.98 Å². The predicted molar refractivity (Wildman–Crippen MR) is 111 cm³/mol. The minimum atomic E-state index is -4.98. The maximum atomic E-state index is 12.7. The fourth-order valence-corrected chi connectivity index (χ4v) is 8.11. The maximum absolute atomic E-state index is 12.7. The van der Waals surface area contributed by atoms with Crippen LogP contribution in [-0.2, 0) is 23.1 Å². The number of ether oxygens (including phenoxy) is 2. The van der Waals surface area contributed by atoms with Crippen molar-refractivity contribution in [1.82, 2.24) is 9.55 Å². The summed E-state index contributed by atoms with van der Waals surface area (Å²) in [4.78, 5) is 45.4. The van der Waals surface area contributed by atoms with E-state index in [4.69, 9.17) is 14.0 Å². The number of nitrogens with one attached hydrogen (secondary N) is 1. The molecular formula is C16H26N2O15P2. The van der Waals surface area contributed by atoms with E-state index in [2.05, 4.69) is 0 Å². The highest BCUT2D eigenvalue weighted by Gasteiger charge is 2.53. The monoisotopic (exact) mass is 548 g/mol. The van der Waals surface area contributed by atoms with Gasteiger partial charge in [-0.1, -0.05) is 0 Å². The van der Waals surface area contributed by atoms with Gasteiger partial charge < -0.3 is 54.4 Å².